The molecule has 0 aliphatic carbocycles. The number of esters is 1. The first kappa shape index (κ1) is 12.2. The number of aryl methyl sites for hydroxylation is 1. The molecule has 0 amide bonds. The van der Waals surface area contributed by atoms with Crippen molar-refractivity contribution in [3.63, 3.8) is 0 Å². The van der Waals surface area contributed by atoms with E-state index in [1.165, 1.54) is 6.07 Å². The van der Waals surface area contributed by atoms with Gasteiger partial charge in [-0.2, -0.15) is 0 Å². The second-order valence-electron chi connectivity index (χ2n) is 3.18. The van der Waals surface area contributed by atoms with Crippen molar-refractivity contribution in [2.45, 2.75) is 19.8 Å². The maximum absolute atomic E-state index is 11.1. The van der Waals surface area contributed by atoms with Gasteiger partial charge >= 0.3 is 5.97 Å². The lowest BCUT2D eigenvalue weighted by Crippen LogP contribution is -2.05. The van der Waals surface area contributed by atoms with Crippen LogP contribution in [0.25, 0.3) is 0 Å². The Kier molecular flexibility index (Phi) is 4.44. The first-order valence-electron chi connectivity index (χ1n) is 4.98. The number of nitroso groups, excluding NO2 is 1. The number of phenolic OH excluding ortho intramolecular Hbond substituents is 1. The van der Waals surface area contributed by atoms with E-state index in [9.17, 15) is 14.8 Å². The normalized spacial score (nSPS) is 9.81. The van der Waals surface area contributed by atoms with Crippen LogP contribution in [0.4, 0.5) is 5.69 Å². The number of carbonyl (C=O) groups is 1. The monoisotopic (exact) mass is 223 g/mol. The standard InChI is InChI=1S/C11H13NO4/c1-2-16-10(14)7-6-8-4-3-5-9(13)11(8)12-15/h3-5,13H,2,6-7H2,1H3. The zero-order valence-electron chi connectivity index (χ0n) is 8.97. The molecule has 0 saturated heterocycles. The third-order valence-electron chi connectivity index (χ3n) is 2.09. The molecule has 0 saturated carbocycles. The van der Waals surface area contributed by atoms with Gasteiger partial charge in [0, 0.05) is 6.42 Å². The molecule has 86 valence electrons. The van der Waals surface area contributed by atoms with Gasteiger partial charge < -0.3 is 9.84 Å². The molecule has 0 bridgehead atoms. The molecule has 0 heterocycles. The molecule has 0 radical (unpaired) electrons. The SMILES string of the molecule is CCOC(=O)CCc1cccc(O)c1N=O. The fourth-order valence-corrected chi connectivity index (χ4v) is 1.35. The van der Waals surface area contributed by atoms with Gasteiger partial charge in [0.05, 0.1) is 6.61 Å². The highest BCUT2D eigenvalue weighted by Gasteiger charge is 2.10. The van der Waals surface area contributed by atoms with Gasteiger partial charge in [-0.15, -0.1) is 4.91 Å². The van der Waals surface area contributed by atoms with E-state index in [4.69, 9.17) is 4.74 Å². The number of hydrogen-bond donors (Lipinski definition) is 1. The van der Waals surface area contributed by atoms with E-state index in [0.29, 0.717) is 18.6 Å². The summed E-state index contributed by atoms with van der Waals surface area (Å²) in [7, 11) is 0. The lowest BCUT2D eigenvalue weighted by atomic mass is 10.1. The van der Waals surface area contributed by atoms with Gasteiger partial charge in [0.2, 0.25) is 0 Å². The van der Waals surface area contributed by atoms with Crippen molar-refractivity contribution in [1.29, 1.82) is 0 Å². The van der Waals surface area contributed by atoms with E-state index in [0.717, 1.165) is 0 Å². The summed E-state index contributed by atoms with van der Waals surface area (Å²) in [4.78, 5) is 21.6. The summed E-state index contributed by atoms with van der Waals surface area (Å²) in [6, 6.07) is 4.63. The zero-order valence-corrected chi connectivity index (χ0v) is 8.97. The van der Waals surface area contributed by atoms with Crippen molar-refractivity contribution in [3.05, 3.63) is 28.7 Å². The highest BCUT2D eigenvalue weighted by molar-refractivity contribution is 5.70. The molecule has 1 N–H and O–H groups in total. The van der Waals surface area contributed by atoms with E-state index in [-0.39, 0.29) is 23.8 Å². The molecule has 5 nitrogen and oxygen atoms in total. The highest BCUT2D eigenvalue weighted by atomic mass is 16.5. The second-order valence-corrected chi connectivity index (χ2v) is 3.18. The molecule has 1 aromatic carbocycles. The number of aromatic hydroxyl groups is 1. The Morgan fingerprint density at radius 2 is 2.25 bits per heavy atom. The molecule has 0 fully saturated rings. The quantitative estimate of drug-likeness (QED) is 0.613. The molecule has 0 spiro atoms. The molecule has 0 aliphatic heterocycles. The smallest absolute Gasteiger partial charge is 0.306 e. The van der Waals surface area contributed by atoms with Crippen molar-refractivity contribution in [1.82, 2.24) is 0 Å². The summed E-state index contributed by atoms with van der Waals surface area (Å²) in [6.45, 7) is 2.06. The molecule has 1 aromatic rings. The largest absolute Gasteiger partial charge is 0.506 e. The zero-order chi connectivity index (χ0) is 12.0. The lowest BCUT2D eigenvalue weighted by Gasteiger charge is -2.05. The van der Waals surface area contributed by atoms with Crippen LogP contribution < -0.4 is 0 Å². The van der Waals surface area contributed by atoms with Crippen LogP contribution in [0.3, 0.4) is 0 Å². The lowest BCUT2D eigenvalue weighted by molar-refractivity contribution is -0.143. The second kappa shape index (κ2) is 5.85. The molecular weight excluding hydrogens is 210 g/mol. The molecule has 1 rings (SSSR count). The van der Waals surface area contributed by atoms with E-state index < -0.39 is 0 Å². The maximum Gasteiger partial charge on any atom is 0.306 e. The Bertz CT molecular complexity index is 390. The van der Waals surface area contributed by atoms with Gasteiger partial charge in [-0.25, -0.2) is 0 Å². The Morgan fingerprint density at radius 1 is 1.50 bits per heavy atom. The van der Waals surface area contributed by atoms with Crippen molar-refractivity contribution < 1.29 is 14.6 Å². The Morgan fingerprint density at radius 3 is 2.88 bits per heavy atom. The number of phenols is 1. The molecule has 5 heteroatoms. The van der Waals surface area contributed by atoms with E-state index >= 15 is 0 Å². The number of rotatable bonds is 5. The minimum absolute atomic E-state index is 0.00759. The average molecular weight is 223 g/mol. The number of benzene rings is 1. The average Bonchev–Trinajstić information content (AvgIpc) is 2.27. The fourth-order valence-electron chi connectivity index (χ4n) is 1.35. The van der Waals surface area contributed by atoms with Crippen LogP contribution >= 0.6 is 0 Å². The van der Waals surface area contributed by atoms with Gasteiger partial charge in [-0.05, 0) is 30.2 Å². The third-order valence-corrected chi connectivity index (χ3v) is 2.09. The summed E-state index contributed by atoms with van der Waals surface area (Å²) >= 11 is 0. The maximum atomic E-state index is 11.1. The number of ether oxygens (including phenoxy) is 1. The van der Waals surface area contributed by atoms with E-state index in [1.807, 2.05) is 0 Å². The van der Waals surface area contributed by atoms with Crippen molar-refractivity contribution in [2.24, 2.45) is 5.18 Å². The molecule has 16 heavy (non-hydrogen) atoms. The van der Waals surface area contributed by atoms with E-state index in [2.05, 4.69) is 5.18 Å². The predicted molar refractivity (Wildman–Crippen MR) is 58.5 cm³/mol. The van der Waals surface area contributed by atoms with Crippen LogP contribution in [-0.2, 0) is 16.0 Å². The molecule has 0 unspecified atom stereocenters. The predicted octanol–water partition coefficient (Wildman–Crippen LogP) is 2.29. The molecular formula is C11H13NO4. The van der Waals surface area contributed by atoms with Crippen LogP contribution in [0.1, 0.15) is 18.9 Å². The van der Waals surface area contributed by atoms with Gasteiger partial charge in [-0.1, -0.05) is 12.1 Å². The first-order valence-corrected chi connectivity index (χ1v) is 4.98. The summed E-state index contributed by atoms with van der Waals surface area (Å²) in [5.74, 6) is -0.501. The van der Waals surface area contributed by atoms with E-state index in [1.54, 1.807) is 19.1 Å². The number of nitrogens with zero attached hydrogens (tertiary/aromatic N) is 1. The fraction of sp³-hybridized carbons (Fsp3) is 0.364. The van der Waals surface area contributed by atoms with Gasteiger partial charge in [0.15, 0.2) is 5.69 Å². The summed E-state index contributed by atoms with van der Waals surface area (Å²) in [6.07, 6.45) is 0.494. The Balaban J connectivity index is 2.70. The third kappa shape index (κ3) is 3.05. The van der Waals surface area contributed by atoms with Crippen molar-refractivity contribution in [2.75, 3.05) is 6.61 Å². The Hall–Kier alpha value is -1.91. The van der Waals surface area contributed by atoms with Gasteiger partial charge in [-0.3, -0.25) is 4.79 Å². The number of carbonyl (C=O) groups excluding carboxylic acids is 1. The first-order chi connectivity index (χ1) is 7.69. The molecule has 0 atom stereocenters. The summed E-state index contributed by atoms with van der Waals surface area (Å²) in [5, 5.41) is 12.1. The molecule has 0 aliphatic rings. The van der Waals surface area contributed by atoms with Crippen LogP contribution in [0, 0.1) is 4.91 Å². The van der Waals surface area contributed by atoms with Crippen molar-refractivity contribution in [3.8, 4) is 5.75 Å². The number of hydrogen-bond acceptors (Lipinski definition) is 5. The van der Waals surface area contributed by atoms with Crippen molar-refractivity contribution >= 4 is 11.7 Å². The minimum atomic E-state index is -0.331. The van der Waals surface area contributed by atoms with Crippen LogP contribution in [0.2, 0.25) is 0 Å². The Labute approximate surface area is 93.0 Å². The topological polar surface area (TPSA) is 76.0 Å². The molecule has 0 aromatic heterocycles. The summed E-state index contributed by atoms with van der Waals surface area (Å²) < 4.78 is 4.76. The van der Waals surface area contributed by atoms with Crippen LogP contribution in [0.15, 0.2) is 23.4 Å². The highest BCUT2D eigenvalue weighted by Crippen LogP contribution is 2.30. The van der Waals surface area contributed by atoms with Crippen LogP contribution in [0.5, 0.6) is 5.75 Å². The summed E-state index contributed by atoms with van der Waals surface area (Å²) in [5.41, 5.74) is 0.537. The van der Waals surface area contributed by atoms with Crippen LogP contribution in [-0.4, -0.2) is 17.7 Å². The van der Waals surface area contributed by atoms with Gasteiger partial charge in [0.25, 0.3) is 0 Å². The minimum Gasteiger partial charge on any atom is -0.506 e. The van der Waals surface area contributed by atoms with Gasteiger partial charge in [0.1, 0.15) is 5.75 Å².